The van der Waals surface area contributed by atoms with Crippen LogP contribution in [0.1, 0.15) is 31.3 Å². The van der Waals surface area contributed by atoms with Gasteiger partial charge in [0.15, 0.2) is 17.5 Å². The van der Waals surface area contributed by atoms with Gasteiger partial charge < -0.3 is 5.32 Å². The fourth-order valence-corrected chi connectivity index (χ4v) is 2.24. The smallest absolute Gasteiger partial charge is 0.194 e. The first-order valence-electron chi connectivity index (χ1n) is 6.81. The number of rotatable bonds is 6. The molecule has 0 radical (unpaired) electrons. The van der Waals surface area contributed by atoms with Gasteiger partial charge in [0.25, 0.3) is 0 Å². The normalized spacial score (nSPS) is 12.6. The number of aryl methyl sites for hydroxylation is 1. The molecule has 7 heteroatoms. The first-order chi connectivity index (χ1) is 10.1. The van der Waals surface area contributed by atoms with Crippen LogP contribution in [0.25, 0.3) is 0 Å². The fraction of sp³-hybridized carbons (Fsp3) is 0.429. The van der Waals surface area contributed by atoms with Crippen molar-refractivity contribution in [3.05, 3.63) is 47.3 Å². The lowest BCUT2D eigenvalue weighted by molar-refractivity contribution is 0.421. The molecular formula is C14H17F3N4. The number of nitrogens with zero attached hydrogens (tertiary/aromatic N) is 3. The number of aromatic nitrogens is 3. The molecule has 0 saturated heterocycles. The Morgan fingerprint density at radius 1 is 1.19 bits per heavy atom. The third kappa shape index (κ3) is 3.24. The van der Waals surface area contributed by atoms with Crippen LogP contribution < -0.4 is 5.32 Å². The van der Waals surface area contributed by atoms with Gasteiger partial charge in [0, 0.05) is 24.6 Å². The molecule has 21 heavy (non-hydrogen) atoms. The van der Waals surface area contributed by atoms with Crippen LogP contribution >= 0.6 is 0 Å². The van der Waals surface area contributed by atoms with Gasteiger partial charge in [0.05, 0.1) is 0 Å². The highest BCUT2D eigenvalue weighted by molar-refractivity contribution is 5.24. The maximum absolute atomic E-state index is 13.9. The summed E-state index contributed by atoms with van der Waals surface area (Å²) >= 11 is 0. The molecule has 1 unspecified atom stereocenters. The number of benzene rings is 1. The van der Waals surface area contributed by atoms with Gasteiger partial charge in [-0.05, 0) is 19.5 Å². The van der Waals surface area contributed by atoms with Crippen molar-refractivity contribution in [3.8, 4) is 0 Å². The van der Waals surface area contributed by atoms with Gasteiger partial charge in [-0.1, -0.05) is 13.0 Å². The van der Waals surface area contributed by atoms with E-state index in [0.717, 1.165) is 6.07 Å². The van der Waals surface area contributed by atoms with Crippen molar-refractivity contribution in [2.75, 3.05) is 6.54 Å². The molecule has 0 saturated carbocycles. The summed E-state index contributed by atoms with van der Waals surface area (Å²) in [6, 6.07) is 1.69. The Hall–Kier alpha value is -1.89. The lowest BCUT2D eigenvalue weighted by Gasteiger charge is -2.19. The second-order valence-corrected chi connectivity index (χ2v) is 4.57. The predicted molar refractivity (Wildman–Crippen MR) is 72.1 cm³/mol. The minimum absolute atomic E-state index is 0.0846. The summed E-state index contributed by atoms with van der Waals surface area (Å²) in [5.74, 6) is -3.15. The van der Waals surface area contributed by atoms with Gasteiger partial charge >= 0.3 is 0 Å². The fourth-order valence-electron chi connectivity index (χ4n) is 2.24. The van der Waals surface area contributed by atoms with Crippen molar-refractivity contribution < 1.29 is 13.2 Å². The van der Waals surface area contributed by atoms with Crippen molar-refractivity contribution in [1.82, 2.24) is 20.1 Å². The minimum atomic E-state index is -1.45. The summed E-state index contributed by atoms with van der Waals surface area (Å²) in [6.45, 7) is 4.96. The molecule has 2 aromatic rings. The second kappa shape index (κ2) is 6.71. The molecule has 0 amide bonds. The van der Waals surface area contributed by atoms with E-state index in [4.69, 9.17) is 0 Å². The SMILES string of the molecule is CCNC(Cc1ncnn1CC)c1ccc(F)c(F)c1F. The summed E-state index contributed by atoms with van der Waals surface area (Å²) in [6.07, 6.45) is 1.76. The molecular weight excluding hydrogens is 281 g/mol. The van der Waals surface area contributed by atoms with Crippen LogP contribution in [0.4, 0.5) is 13.2 Å². The molecule has 1 atom stereocenters. The average molecular weight is 298 g/mol. The van der Waals surface area contributed by atoms with Gasteiger partial charge in [-0.25, -0.2) is 18.2 Å². The summed E-state index contributed by atoms with van der Waals surface area (Å²) in [7, 11) is 0. The van der Waals surface area contributed by atoms with Crippen LogP contribution in [0.15, 0.2) is 18.5 Å². The van der Waals surface area contributed by atoms with E-state index in [1.807, 2.05) is 13.8 Å². The predicted octanol–water partition coefficient (Wildman–Crippen LogP) is 2.61. The Balaban J connectivity index is 2.33. The average Bonchev–Trinajstić information content (AvgIpc) is 2.92. The molecule has 1 aromatic carbocycles. The molecule has 1 heterocycles. The van der Waals surface area contributed by atoms with E-state index in [2.05, 4.69) is 15.4 Å². The Kier molecular flexibility index (Phi) is 4.95. The van der Waals surface area contributed by atoms with Gasteiger partial charge in [-0.2, -0.15) is 5.10 Å². The largest absolute Gasteiger partial charge is 0.310 e. The molecule has 114 valence electrons. The van der Waals surface area contributed by atoms with Crippen molar-refractivity contribution in [2.24, 2.45) is 0 Å². The standard InChI is InChI=1S/C14H17F3N4/c1-3-18-11(7-12-19-8-20-21(12)4-2)9-5-6-10(15)14(17)13(9)16/h5-6,8,11,18H,3-4,7H2,1-2H3. The molecule has 0 bridgehead atoms. The number of hydrogen-bond acceptors (Lipinski definition) is 3. The molecule has 1 aromatic heterocycles. The third-order valence-electron chi connectivity index (χ3n) is 3.27. The minimum Gasteiger partial charge on any atom is -0.310 e. The van der Waals surface area contributed by atoms with Crippen LogP contribution in [-0.2, 0) is 13.0 Å². The lowest BCUT2D eigenvalue weighted by atomic mass is 10.0. The highest BCUT2D eigenvalue weighted by Gasteiger charge is 2.22. The van der Waals surface area contributed by atoms with Gasteiger partial charge in [-0.3, -0.25) is 4.68 Å². The van der Waals surface area contributed by atoms with E-state index in [9.17, 15) is 13.2 Å². The summed E-state index contributed by atoms with van der Waals surface area (Å²) in [5.41, 5.74) is 0.0846. The van der Waals surface area contributed by atoms with Crippen molar-refractivity contribution in [3.63, 3.8) is 0 Å². The molecule has 0 aliphatic carbocycles. The van der Waals surface area contributed by atoms with Crippen LogP contribution in [0.2, 0.25) is 0 Å². The molecule has 4 nitrogen and oxygen atoms in total. The second-order valence-electron chi connectivity index (χ2n) is 4.57. The van der Waals surface area contributed by atoms with E-state index in [1.54, 1.807) is 4.68 Å². The zero-order chi connectivity index (χ0) is 15.4. The topological polar surface area (TPSA) is 42.7 Å². The van der Waals surface area contributed by atoms with Crippen LogP contribution in [0.3, 0.4) is 0 Å². The van der Waals surface area contributed by atoms with E-state index < -0.39 is 23.5 Å². The Bertz CT molecular complexity index is 612. The van der Waals surface area contributed by atoms with Gasteiger partial charge in [0.1, 0.15) is 12.2 Å². The quantitative estimate of drug-likeness (QED) is 0.834. The molecule has 1 N–H and O–H groups in total. The van der Waals surface area contributed by atoms with Crippen LogP contribution in [0, 0.1) is 17.5 Å². The van der Waals surface area contributed by atoms with Crippen LogP contribution in [0.5, 0.6) is 0 Å². The molecule has 0 spiro atoms. The molecule has 0 fully saturated rings. The van der Waals surface area contributed by atoms with E-state index in [-0.39, 0.29) is 5.56 Å². The number of halogens is 3. The van der Waals surface area contributed by atoms with E-state index >= 15 is 0 Å². The molecule has 2 rings (SSSR count). The summed E-state index contributed by atoms with van der Waals surface area (Å²) in [4.78, 5) is 4.13. The third-order valence-corrected chi connectivity index (χ3v) is 3.27. The molecule has 0 aliphatic rings. The van der Waals surface area contributed by atoms with Gasteiger partial charge in [0.2, 0.25) is 0 Å². The Morgan fingerprint density at radius 3 is 2.62 bits per heavy atom. The van der Waals surface area contributed by atoms with Gasteiger partial charge in [-0.15, -0.1) is 0 Å². The van der Waals surface area contributed by atoms with Crippen molar-refractivity contribution in [2.45, 2.75) is 32.9 Å². The highest BCUT2D eigenvalue weighted by Crippen LogP contribution is 2.24. The number of hydrogen-bond donors (Lipinski definition) is 1. The zero-order valence-corrected chi connectivity index (χ0v) is 11.9. The number of likely N-dealkylation sites (N-methyl/N-ethyl adjacent to an activating group) is 1. The highest BCUT2D eigenvalue weighted by atomic mass is 19.2. The summed E-state index contributed by atoms with van der Waals surface area (Å²) < 4.78 is 42.1. The summed E-state index contributed by atoms with van der Waals surface area (Å²) in [5, 5.41) is 7.11. The van der Waals surface area contributed by atoms with Crippen LogP contribution in [-0.4, -0.2) is 21.3 Å². The van der Waals surface area contributed by atoms with E-state index in [0.29, 0.717) is 25.3 Å². The monoisotopic (exact) mass is 298 g/mol. The first kappa shape index (κ1) is 15.5. The lowest BCUT2D eigenvalue weighted by Crippen LogP contribution is -2.26. The van der Waals surface area contributed by atoms with E-state index in [1.165, 1.54) is 12.4 Å². The number of nitrogens with one attached hydrogen (secondary N) is 1. The maximum Gasteiger partial charge on any atom is 0.194 e. The van der Waals surface area contributed by atoms with Crippen molar-refractivity contribution in [1.29, 1.82) is 0 Å². The van der Waals surface area contributed by atoms with Crippen molar-refractivity contribution >= 4 is 0 Å². The zero-order valence-electron chi connectivity index (χ0n) is 11.9. The Morgan fingerprint density at radius 2 is 1.95 bits per heavy atom. The first-order valence-corrected chi connectivity index (χ1v) is 6.81. The Labute approximate surface area is 121 Å². The molecule has 0 aliphatic heterocycles. The maximum atomic E-state index is 13.9.